The summed E-state index contributed by atoms with van der Waals surface area (Å²) in [5.74, 6) is 1.41. The maximum Gasteiger partial charge on any atom is 0.233 e. The fraction of sp³-hybridized carbons (Fsp3) is 0.900. The molecule has 1 N–H and O–H groups in total. The average Bonchev–Trinajstić information content (AvgIpc) is 2.25. The van der Waals surface area contributed by atoms with E-state index in [-0.39, 0.29) is 11.2 Å². The lowest BCUT2D eigenvalue weighted by molar-refractivity contribution is -0.120. The summed E-state index contributed by atoms with van der Waals surface area (Å²) >= 11 is 5.19. The Bertz CT molecular complexity index is 172. The molecule has 0 aromatic heterocycles. The first-order valence-corrected chi connectivity index (χ1v) is 7.47. The Morgan fingerprint density at radius 1 is 1.43 bits per heavy atom. The van der Waals surface area contributed by atoms with E-state index in [9.17, 15) is 4.79 Å². The van der Waals surface area contributed by atoms with Crippen LogP contribution in [0.25, 0.3) is 0 Å². The summed E-state index contributed by atoms with van der Waals surface area (Å²) in [5.41, 5.74) is 0. The summed E-state index contributed by atoms with van der Waals surface area (Å²) in [4.78, 5) is 11.6. The van der Waals surface area contributed by atoms with Gasteiger partial charge in [-0.05, 0) is 31.4 Å². The van der Waals surface area contributed by atoms with E-state index in [2.05, 4.69) is 21.2 Å². The Labute approximate surface area is 98.7 Å². The Kier molecular flexibility index (Phi) is 6.69. The van der Waals surface area contributed by atoms with Crippen LogP contribution < -0.4 is 5.32 Å². The molecule has 1 heterocycles. The Hall–Kier alpha value is 0.300. The molecule has 1 amide bonds. The fourth-order valence-corrected chi connectivity index (χ4v) is 3.11. The number of hydrogen-bond acceptors (Lipinski definition) is 2. The first-order valence-electron chi connectivity index (χ1n) is 5.30. The molecule has 14 heavy (non-hydrogen) atoms. The lowest BCUT2D eigenvalue weighted by Crippen LogP contribution is -2.34. The molecule has 0 bridgehead atoms. The number of alkyl halides is 1. The van der Waals surface area contributed by atoms with Crippen molar-refractivity contribution < 1.29 is 4.79 Å². The van der Waals surface area contributed by atoms with Crippen molar-refractivity contribution in [3.8, 4) is 0 Å². The van der Waals surface area contributed by atoms with Gasteiger partial charge in [0.2, 0.25) is 5.91 Å². The lowest BCUT2D eigenvalue weighted by Gasteiger charge is -2.20. The predicted molar refractivity (Wildman–Crippen MR) is 66.1 cm³/mol. The molecular formula is C10H18BrNOS. The van der Waals surface area contributed by atoms with Crippen molar-refractivity contribution in [2.45, 2.75) is 37.4 Å². The van der Waals surface area contributed by atoms with Gasteiger partial charge in [0.15, 0.2) is 0 Å². The molecule has 2 nitrogen and oxygen atoms in total. The Morgan fingerprint density at radius 3 is 2.93 bits per heavy atom. The van der Waals surface area contributed by atoms with Gasteiger partial charge < -0.3 is 5.32 Å². The highest BCUT2D eigenvalue weighted by atomic mass is 79.9. The first kappa shape index (κ1) is 12.4. The molecule has 1 saturated heterocycles. The SMILES string of the molecule is O=C(NCCCCBr)C1CCCCS1. The smallest absolute Gasteiger partial charge is 0.233 e. The van der Waals surface area contributed by atoms with Crippen LogP contribution in [0, 0.1) is 0 Å². The number of carbonyl (C=O) groups excluding carboxylic acids is 1. The molecule has 4 heteroatoms. The molecule has 0 saturated carbocycles. The topological polar surface area (TPSA) is 29.1 Å². The maximum atomic E-state index is 11.6. The van der Waals surface area contributed by atoms with Gasteiger partial charge in [0.25, 0.3) is 0 Å². The van der Waals surface area contributed by atoms with Crippen molar-refractivity contribution in [1.29, 1.82) is 0 Å². The number of hydrogen-bond donors (Lipinski definition) is 1. The molecule has 0 spiro atoms. The third-order valence-electron chi connectivity index (χ3n) is 2.33. The van der Waals surface area contributed by atoms with Gasteiger partial charge in [-0.2, -0.15) is 0 Å². The summed E-state index contributed by atoms with van der Waals surface area (Å²) in [6.45, 7) is 0.835. The molecule has 1 rings (SSSR count). The monoisotopic (exact) mass is 279 g/mol. The highest BCUT2D eigenvalue weighted by molar-refractivity contribution is 9.09. The number of unbranched alkanes of at least 4 members (excludes halogenated alkanes) is 1. The second-order valence-corrected chi connectivity index (χ2v) is 5.65. The standard InChI is InChI=1S/C10H18BrNOS/c11-6-2-3-7-12-10(13)9-5-1-4-8-14-9/h9H,1-8H2,(H,12,13). The van der Waals surface area contributed by atoms with Gasteiger partial charge in [0.05, 0.1) is 5.25 Å². The second kappa shape index (κ2) is 7.57. The lowest BCUT2D eigenvalue weighted by atomic mass is 10.2. The molecule has 0 radical (unpaired) electrons. The number of rotatable bonds is 5. The number of thioether (sulfide) groups is 1. The fourth-order valence-electron chi connectivity index (χ4n) is 1.49. The van der Waals surface area contributed by atoms with Crippen LogP contribution >= 0.6 is 27.7 Å². The number of amides is 1. The highest BCUT2D eigenvalue weighted by Gasteiger charge is 2.20. The number of nitrogens with one attached hydrogen (secondary N) is 1. The summed E-state index contributed by atoms with van der Waals surface area (Å²) in [6.07, 6.45) is 5.77. The minimum absolute atomic E-state index is 0.229. The summed E-state index contributed by atoms with van der Waals surface area (Å²) in [7, 11) is 0. The normalized spacial score (nSPS) is 21.9. The van der Waals surface area contributed by atoms with Gasteiger partial charge in [-0.25, -0.2) is 0 Å². The zero-order chi connectivity index (χ0) is 10.2. The van der Waals surface area contributed by atoms with E-state index in [1.54, 1.807) is 0 Å². The van der Waals surface area contributed by atoms with Crippen LogP contribution in [0.1, 0.15) is 32.1 Å². The number of carbonyl (C=O) groups is 1. The van der Waals surface area contributed by atoms with E-state index in [0.717, 1.165) is 36.9 Å². The largest absolute Gasteiger partial charge is 0.355 e. The molecule has 1 unspecified atom stereocenters. The van der Waals surface area contributed by atoms with Crippen molar-refractivity contribution in [1.82, 2.24) is 5.32 Å². The third kappa shape index (κ3) is 4.69. The van der Waals surface area contributed by atoms with Crippen LogP contribution in [0.15, 0.2) is 0 Å². The maximum absolute atomic E-state index is 11.6. The quantitative estimate of drug-likeness (QED) is 0.619. The second-order valence-electron chi connectivity index (χ2n) is 3.54. The minimum atomic E-state index is 0.229. The van der Waals surface area contributed by atoms with E-state index in [1.807, 2.05) is 11.8 Å². The van der Waals surface area contributed by atoms with Crippen molar-refractivity contribution in [2.24, 2.45) is 0 Å². The van der Waals surface area contributed by atoms with Crippen molar-refractivity contribution in [2.75, 3.05) is 17.6 Å². The minimum Gasteiger partial charge on any atom is -0.355 e. The van der Waals surface area contributed by atoms with Crippen LogP contribution in [-0.4, -0.2) is 28.8 Å². The molecule has 0 aliphatic carbocycles. The predicted octanol–water partition coefficient (Wildman–Crippen LogP) is 2.56. The van der Waals surface area contributed by atoms with Gasteiger partial charge in [0, 0.05) is 11.9 Å². The van der Waals surface area contributed by atoms with Crippen molar-refractivity contribution >= 4 is 33.6 Å². The Balaban J connectivity index is 2.07. The molecule has 82 valence electrons. The van der Waals surface area contributed by atoms with E-state index < -0.39 is 0 Å². The van der Waals surface area contributed by atoms with Gasteiger partial charge in [-0.15, -0.1) is 11.8 Å². The summed E-state index contributed by atoms with van der Waals surface area (Å²) in [6, 6.07) is 0. The molecular weight excluding hydrogens is 262 g/mol. The van der Waals surface area contributed by atoms with Gasteiger partial charge in [-0.1, -0.05) is 22.4 Å². The van der Waals surface area contributed by atoms with Crippen molar-refractivity contribution in [3.63, 3.8) is 0 Å². The van der Waals surface area contributed by atoms with Crippen LogP contribution in [0.5, 0.6) is 0 Å². The average molecular weight is 280 g/mol. The third-order valence-corrected chi connectivity index (χ3v) is 4.27. The van der Waals surface area contributed by atoms with E-state index >= 15 is 0 Å². The number of halogens is 1. The Morgan fingerprint density at radius 2 is 2.29 bits per heavy atom. The van der Waals surface area contributed by atoms with Gasteiger partial charge in [0.1, 0.15) is 0 Å². The van der Waals surface area contributed by atoms with Crippen LogP contribution in [0.3, 0.4) is 0 Å². The zero-order valence-corrected chi connectivity index (χ0v) is 10.8. The van der Waals surface area contributed by atoms with Crippen molar-refractivity contribution in [3.05, 3.63) is 0 Å². The molecule has 0 aromatic carbocycles. The molecule has 1 fully saturated rings. The van der Waals surface area contributed by atoms with Gasteiger partial charge >= 0.3 is 0 Å². The van der Waals surface area contributed by atoms with Crippen LogP contribution in [0.2, 0.25) is 0 Å². The first-order chi connectivity index (χ1) is 6.84. The molecule has 1 aliphatic rings. The molecule has 1 aliphatic heterocycles. The van der Waals surface area contributed by atoms with E-state index in [1.165, 1.54) is 12.8 Å². The van der Waals surface area contributed by atoms with E-state index in [0.29, 0.717) is 0 Å². The van der Waals surface area contributed by atoms with Crippen LogP contribution in [0.4, 0.5) is 0 Å². The van der Waals surface area contributed by atoms with E-state index in [4.69, 9.17) is 0 Å². The summed E-state index contributed by atoms with van der Waals surface area (Å²) < 4.78 is 0. The molecule has 1 atom stereocenters. The zero-order valence-electron chi connectivity index (χ0n) is 8.43. The summed E-state index contributed by atoms with van der Waals surface area (Å²) in [5, 5.41) is 4.26. The van der Waals surface area contributed by atoms with Gasteiger partial charge in [-0.3, -0.25) is 4.79 Å². The molecule has 0 aromatic rings. The highest BCUT2D eigenvalue weighted by Crippen LogP contribution is 2.24. The van der Waals surface area contributed by atoms with Crippen LogP contribution in [-0.2, 0) is 4.79 Å².